The predicted molar refractivity (Wildman–Crippen MR) is 102 cm³/mol. The van der Waals surface area contributed by atoms with E-state index in [-0.39, 0.29) is 0 Å². The molecular weight excluding hydrogens is 279 g/mol. The van der Waals surface area contributed by atoms with Gasteiger partial charge in [0.05, 0.1) is 5.75 Å². The van der Waals surface area contributed by atoms with Crippen LogP contribution in [0.3, 0.4) is 0 Å². The second kappa shape index (κ2) is 14.7. The highest BCUT2D eigenvalue weighted by molar-refractivity contribution is 5.99. The third-order valence-electron chi connectivity index (χ3n) is 4.60. The molecule has 0 amide bonds. The molecule has 1 aromatic rings. The lowest BCUT2D eigenvalue weighted by atomic mass is 10.0. The second-order valence-electron chi connectivity index (χ2n) is 6.76. The van der Waals surface area contributed by atoms with Crippen molar-refractivity contribution >= 4 is 8.05 Å². The van der Waals surface area contributed by atoms with Crippen LogP contribution in [0.5, 0.6) is 5.75 Å². The number of benzene rings is 1. The van der Waals surface area contributed by atoms with Crippen molar-refractivity contribution in [2.75, 3.05) is 0 Å². The maximum atomic E-state index is 5.19. The quantitative estimate of drug-likeness (QED) is 0.256. The Balaban J connectivity index is 1.84. The largest absolute Gasteiger partial charge is 0.568 e. The van der Waals surface area contributed by atoms with Gasteiger partial charge in [-0.1, -0.05) is 96.1 Å². The summed E-state index contributed by atoms with van der Waals surface area (Å²) in [4.78, 5) is 0. The topological polar surface area (TPSA) is 9.23 Å². The highest BCUT2D eigenvalue weighted by Gasteiger charge is 1.97. The van der Waals surface area contributed by atoms with E-state index in [4.69, 9.17) is 12.7 Å². The first-order chi connectivity index (χ1) is 11.4. The molecule has 1 nitrogen and oxygen atoms in total. The smallest absolute Gasteiger partial charge is 0.374 e. The van der Waals surface area contributed by atoms with Crippen LogP contribution in [-0.2, 0) is 6.42 Å². The molecule has 2 heteroatoms. The lowest BCUT2D eigenvalue weighted by molar-refractivity contribution is 0.539. The summed E-state index contributed by atoms with van der Waals surface area (Å²) in [6.07, 6.45) is 19.4. The molecule has 1 aromatic carbocycles. The summed E-state index contributed by atoms with van der Waals surface area (Å²) < 4.78 is 4.77. The van der Waals surface area contributed by atoms with E-state index >= 15 is 0 Å². The van der Waals surface area contributed by atoms with E-state index < -0.39 is 0 Å². The molecule has 0 aliphatic carbocycles. The molecule has 0 fully saturated rings. The maximum Gasteiger partial charge on any atom is 0.374 e. The van der Waals surface area contributed by atoms with Gasteiger partial charge in [-0.15, -0.1) is 0 Å². The van der Waals surface area contributed by atoms with E-state index in [0.29, 0.717) is 0 Å². The van der Waals surface area contributed by atoms with Crippen LogP contribution in [0, 0.1) is 0 Å². The molecule has 0 aliphatic rings. The summed E-state index contributed by atoms with van der Waals surface area (Å²) in [5.41, 5.74) is 1.33. The third-order valence-corrected chi connectivity index (χ3v) is 4.60. The van der Waals surface area contributed by atoms with Crippen LogP contribution in [0.1, 0.15) is 96.0 Å². The van der Waals surface area contributed by atoms with Crippen LogP contribution >= 0.6 is 0 Å². The van der Waals surface area contributed by atoms with Gasteiger partial charge in [0.25, 0.3) is 0 Å². The molecule has 0 unspecified atom stereocenters. The summed E-state index contributed by atoms with van der Waals surface area (Å²) in [5, 5.41) is 0. The van der Waals surface area contributed by atoms with Crippen molar-refractivity contribution in [1.82, 2.24) is 0 Å². The SMILES string of the molecule is [B]Oc1cccc(CCCCCCCCCCCCCCC)c1. The number of rotatable bonds is 15. The van der Waals surface area contributed by atoms with Crippen LogP contribution in [0.15, 0.2) is 24.3 Å². The van der Waals surface area contributed by atoms with Crippen molar-refractivity contribution in [2.24, 2.45) is 0 Å². The third kappa shape index (κ3) is 11.3. The number of hydrogen-bond acceptors (Lipinski definition) is 1. The second-order valence-corrected chi connectivity index (χ2v) is 6.76. The Bertz CT molecular complexity index is 378. The molecule has 0 atom stereocenters. The molecule has 0 saturated heterocycles. The monoisotopic (exact) mass is 314 g/mol. The lowest BCUT2D eigenvalue weighted by Crippen LogP contribution is -1.89. The summed E-state index contributed by atoms with van der Waals surface area (Å²) in [6.45, 7) is 2.28. The molecule has 0 N–H and O–H groups in total. The number of aryl methyl sites for hydroxylation is 1. The summed E-state index contributed by atoms with van der Waals surface area (Å²) in [7, 11) is 5.19. The van der Waals surface area contributed by atoms with Gasteiger partial charge in [0.2, 0.25) is 0 Å². The zero-order chi connectivity index (χ0) is 16.6. The van der Waals surface area contributed by atoms with Gasteiger partial charge in [0.15, 0.2) is 0 Å². The Kier molecular flexibility index (Phi) is 12.8. The van der Waals surface area contributed by atoms with Gasteiger partial charge in [0, 0.05) is 0 Å². The van der Waals surface area contributed by atoms with Crippen LogP contribution in [0.4, 0.5) is 0 Å². The molecule has 23 heavy (non-hydrogen) atoms. The molecule has 0 aliphatic heterocycles. The van der Waals surface area contributed by atoms with Crippen molar-refractivity contribution in [3.05, 3.63) is 29.8 Å². The highest BCUT2D eigenvalue weighted by Crippen LogP contribution is 2.16. The molecule has 0 heterocycles. The maximum absolute atomic E-state index is 5.19. The van der Waals surface area contributed by atoms with Gasteiger partial charge in [-0.05, 0) is 30.5 Å². The first-order valence-electron chi connectivity index (χ1n) is 9.82. The number of unbranched alkanes of at least 4 members (excludes halogenated alkanes) is 12. The van der Waals surface area contributed by atoms with E-state index in [1.54, 1.807) is 0 Å². The van der Waals surface area contributed by atoms with Gasteiger partial charge in [-0.3, -0.25) is 0 Å². The standard InChI is InChI=1S/C21H35BO/c1-2-3-4-5-6-7-8-9-10-11-12-13-14-16-20-17-15-18-21(19-20)23-22/h15,17-19H,2-14,16H2,1H3. The van der Waals surface area contributed by atoms with Gasteiger partial charge in [-0.2, -0.15) is 0 Å². The molecule has 0 aromatic heterocycles. The fourth-order valence-corrected chi connectivity index (χ4v) is 3.12. The number of hydrogen-bond donors (Lipinski definition) is 0. The first kappa shape index (κ1) is 20.1. The Morgan fingerprint density at radius 2 is 1.26 bits per heavy atom. The molecule has 128 valence electrons. The van der Waals surface area contributed by atoms with Crippen LogP contribution < -0.4 is 4.65 Å². The molecule has 0 saturated carbocycles. The van der Waals surface area contributed by atoms with Crippen LogP contribution in [-0.4, -0.2) is 8.05 Å². The molecular formula is C21H35BO. The molecule has 0 spiro atoms. The average molecular weight is 314 g/mol. The van der Waals surface area contributed by atoms with E-state index in [2.05, 4.69) is 13.0 Å². The van der Waals surface area contributed by atoms with E-state index in [9.17, 15) is 0 Å². The average Bonchev–Trinajstić information content (AvgIpc) is 2.59. The van der Waals surface area contributed by atoms with Crippen LogP contribution in [0.2, 0.25) is 0 Å². The van der Waals surface area contributed by atoms with Crippen molar-refractivity contribution in [3.63, 3.8) is 0 Å². The van der Waals surface area contributed by atoms with Gasteiger partial charge < -0.3 is 4.65 Å². The Hall–Kier alpha value is -0.915. The predicted octanol–water partition coefficient (Wildman–Crippen LogP) is 6.78. The Morgan fingerprint density at radius 1 is 0.739 bits per heavy atom. The molecule has 0 bridgehead atoms. The summed E-state index contributed by atoms with van der Waals surface area (Å²) in [6, 6.07) is 8.11. The van der Waals surface area contributed by atoms with Gasteiger partial charge in [-0.25, -0.2) is 0 Å². The highest BCUT2D eigenvalue weighted by atomic mass is 16.4. The Labute approximate surface area is 145 Å². The van der Waals surface area contributed by atoms with Crippen LogP contribution in [0.25, 0.3) is 0 Å². The minimum atomic E-state index is 0.761. The zero-order valence-electron chi connectivity index (χ0n) is 15.2. The lowest BCUT2D eigenvalue weighted by Gasteiger charge is -2.05. The van der Waals surface area contributed by atoms with Gasteiger partial charge in [0.1, 0.15) is 0 Å². The summed E-state index contributed by atoms with van der Waals surface area (Å²) in [5.74, 6) is 0.761. The van der Waals surface area contributed by atoms with Crippen molar-refractivity contribution in [1.29, 1.82) is 0 Å². The van der Waals surface area contributed by atoms with Crippen molar-refractivity contribution < 1.29 is 4.65 Å². The molecule has 1 rings (SSSR count). The minimum absolute atomic E-state index is 0.761. The molecule has 2 radical (unpaired) electrons. The minimum Gasteiger partial charge on any atom is -0.568 e. The fourth-order valence-electron chi connectivity index (χ4n) is 3.12. The van der Waals surface area contributed by atoms with E-state index in [1.807, 2.05) is 18.2 Å². The fraction of sp³-hybridized carbons (Fsp3) is 0.714. The first-order valence-corrected chi connectivity index (χ1v) is 9.82. The zero-order valence-corrected chi connectivity index (χ0v) is 15.2. The van der Waals surface area contributed by atoms with E-state index in [0.717, 1.165) is 12.2 Å². The van der Waals surface area contributed by atoms with Crippen molar-refractivity contribution in [3.8, 4) is 5.75 Å². The van der Waals surface area contributed by atoms with Crippen molar-refractivity contribution in [2.45, 2.75) is 96.8 Å². The van der Waals surface area contributed by atoms with Gasteiger partial charge >= 0.3 is 8.05 Å². The summed E-state index contributed by atoms with van der Waals surface area (Å²) >= 11 is 0. The van der Waals surface area contributed by atoms with E-state index in [1.165, 1.54) is 89.0 Å². The normalized spacial score (nSPS) is 10.8. The Morgan fingerprint density at radius 3 is 1.78 bits per heavy atom.